The van der Waals surface area contributed by atoms with Gasteiger partial charge in [-0.3, -0.25) is 14.6 Å². The molecule has 2 aliphatic rings. The molecular weight excluding hydrogens is 266 g/mol. The molecule has 0 radical (unpaired) electrons. The maximum atomic E-state index is 12.4. The van der Waals surface area contributed by atoms with Crippen LogP contribution < -0.4 is 5.32 Å². The summed E-state index contributed by atoms with van der Waals surface area (Å²) >= 11 is 0. The lowest BCUT2D eigenvalue weighted by Crippen LogP contribution is -2.43. The van der Waals surface area contributed by atoms with E-state index < -0.39 is 0 Å². The van der Waals surface area contributed by atoms with Crippen LogP contribution in [-0.4, -0.2) is 40.8 Å². The summed E-state index contributed by atoms with van der Waals surface area (Å²) in [4.78, 5) is 30.3. The quantitative estimate of drug-likeness (QED) is 0.917. The predicted molar refractivity (Wildman–Crippen MR) is 78.8 cm³/mol. The van der Waals surface area contributed by atoms with Crippen molar-refractivity contribution in [3.05, 3.63) is 29.6 Å². The van der Waals surface area contributed by atoms with Gasteiger partial charge in [-0.15, -0.1) is 0 Å². The molecule has 1 aromatic rings. The Morgan fingerprint density at radius 3 is 2.71 bits per heavy atom. The summed E-state index contributed by atoms with van der Waals surface area (Å²) in [5, 5.41) is 3.08. The molecule has 0 aromatic carbocycles. The minimum Gasteiger partial charge on any atom is -0.351 e. The number of amides is 2. The third-order valence-corrected chi connectivity index (χ3v) is 4.46. The number of hydrogen-bond acceptors (Lipinski definition) is 3. The van der Waals surface area contributed by atoms with Crippen molar-refractivity contribution >= 4 is 11.8 Å². The van der Waals surface area contributed by atoms with Gasteiger partial charge in [0.2, 0.25) is 5.91 Å². The number of carbonyl (C=O) groups excluding carboxylic acids is 2. The third-order valence-electron chi connectivity index (χ3n) is 4.46. The molecule has 112 valence electrons. The molecule has 0 unspecified atom stereocenters. The first-order valence-corrected chi connectivity index (χ1v) is 7.66. The molecule has 5 heteroatoms. The summed E-state index contributed by atoms with van der Waals surface area (Å²) < 4.78 is 0. The first kappa shape index (κ1) is 14.0. The highest BCUT2D eigenvalue weighted by Gasteiger charge is 2.31. The van der Waals surface area contributed by atoms with Crippen LogP contribution in [-0.2, 0) is 4.79 Å². The van der Waals surface area contributed by atoms with Gasteiger partial charge in [-0.05, 0) is 38.3 Å². The number of nitrogens with zero attached hydrogens (tertiary/aromatic N) is 2. The molecule has 5 nitrogen and oxygen atoms in total. The van der Waals surface area contributed by atoms with E-state index in [1.54, 1.807) is 11.1 Å². The summed E-state index contributed by atoms with van der Waals surface area (Å²) in [6.45, 7) is 3.20. The molecule has 1 saturated carbocycles. The zero-order valence-electron chi connectivity index (χ0n) is 12.3. The van der Waals surface area contributed by atoms with E-state index in [4.69, 9.17) is 0 Å². The fourth-order valence-corrected chi connectivity index (χ4v) is 2.83. The number of nitrogens with one attached hydrogen (secondary N) is 1. The van der Waals surface area contributed by atoms with E-state index in [-0.39, 0.29) is 23.8 Å². The fraction of sp³-hybridized carbons (Fsp3) is 0.562. The predicted octanol–water partition coefficient (Wildman–Crippen LogP) is 1.52. The molecule has 0 spiro atoms. The van der Waals surface area contributed by atoms with E-state index in [0.717, 1.165) is 31.4 Å². The number of likely N-dealkylation sites (tertiary alicyclic amines) is 1. The van der Waals surface area contributed by atoms with Crippen LogP contribution in [0.15, 0.2) is 18.3 Å². The zero-order valence-corrected chi connectivity index (χ0v) is 12.3. The van der Waals surface area contributed by atoms with Crippen LogP contribution in [0.25, 0.3) is 0 Å². The topological polar surface area (TPSA) is 62.3 Å². The number of carbonyl (C=O) groups is 2. The molecular formula is C16H21N3O2. The Labute approximate surface area is 124 Å². The van der Waals surface area contributed by atoms with Crippen molar-refractivity contribution in [1.29, 1.82) is 0 Å². The average Bonchev–Trinajstić information content (AvgIpc) is 2.85. The molecule has 1 aromatic heterocycles. The van der Waals surface area contributed by atoms with Crippen molar-refractivity contribution in [3.8, 4) is 0 Å². The maximum Gasteiger partial charge on any atom is 0.255 e. The van der Waals surface area contributed by atoms with Gasteiger partial charge in [-0.2, -0.15) is 0 Å². The summed E-state index contributed by atoms with van der Waals surface area (Å²) in [5.74, 6) is 0.372. The lowest BCUT2D eigenvalue weighted by atomic mass is 9.84. The standard InChI is InChI=1S/C16H21N3O2/c1-11-5-6-13(9-17-11)16(21)19-8-7-14(10-19)18-15(20)12-3-2-4-12/h5-6,9,12,14H,2-4,7-8,10H2,1H3,(H,18,20)/t14-/m1/s1. The lowest BCUT2D eigenvalue weighted by molar-refractivity contribution is -0.128. The molecule has 3 rings (SSSR count). The van der Waals surface area contributed by atoms with Gasteiger partial charge in [0.15, 0.2) is 0 Å². The molecule has 1 aliphatic heterocycles. The Balaban J connectivity index is 1.55. The van der Waals surface area contributed by atoms with Crippen LogP contribution in [0.1, 0.15) is 41.7 Å². The second-order valence-electron chi connectivity index (χ2n) is 6.06. The number of aryl methyl sites for hydroxylation is 1. The van der Waals surface area contributed by atoms with Crippen LogP contribution in [0, 0.1) is 12.8 Å². The van der Waals surface area contributed by atoms with Crippen molar-refractivity contribution < 1.29 is 9.59 Å². The number of aromatic nitrogens is 1. The molecule has 21 heavy (non-hydrogen) atoms. The SMILES string of the molecule is Cc1ccc(C(=O)N2CC[C@@H](NC(=O)C3CCC3)C2)cn1. The summed E-state index contributed by atoms with van der Waals surface area (Å²) in [6.07, 6.45) is 5.64. The molecule has 2 heterocycles. The first-order chi connectivity index (χ1) is 10.1. The molecule has 2 amide bonds. The Morgan fingerprint density at radius 1 is 1.29 bits per heavy atom. The van der Waals surface area contributed by atoms with Crippen LogP contribution in [0.3, 0.4) is 0 Å². The van der Waals surface area contributed by atoms with E-state index in [1.807, 2.05) is 19.1 Å². The highest BCUT2D eigenvalue weighted by Crippen LogP contribution is 2.26. The van der Waals surface area contributed by atoms with Crippen molar-refractivity contribution in [2.45, 2.75) is 38.6 Å². The second kappa shape index (κ2) is 5.84. The molecule has 1 N–H and O–H groups in total. The van der Waals surface area contributed by atoms with Crippen molar-refractivity contribution in [2.75, 3.05) is 13.1 Å². The van der Waals surface area contributed by atoms with Crippen molar-refractivity contribution in [2.24, 2.45) is 5.92 Å². The number of rotatable bonds is 3. The van der Waals surface area contributed by atoms with Gasteiger partial charge in [0.25, 0.3) is 5.91 Å². The fourth-order valence-electron chi connectivity index (χ4n) is 2.83. The van der Waals surface area contributed by atoms with Crippen LogP contribution in [0.5, 0.6) is 0 Å². The molecule has 0 bridgehead atoms. The van der Waals surface area contributed by atoms with Gasteiger partial charge in [0.05, 0.1) is 5.56 Å². The van der Waals surface area contributed by atoms with Gasteiger partial charge in [-0.1, -0.05) is 6.42 Å². The smallest absolute Gasteiger partial charge is 0.255 e. The third kappa shape index (κ3) is 3.06. The summed E-state index contributed by atoms with van der Waals surface area (Å²) in [6, 6.07) is 3.75. The van der Waals surface area contributed by atoms with E-state index >= 15 is 0 Å². The minimum absolute atomic E-state index is 0.00268. The minimum atomic E-state index is 0.00268. The molecule has 1 aliphatic carbocycles. The Morgan fingerprint density at radius 2 is 2.10 bits per heavy atom. The van der Waals surface area contributed by atoms with E-state index in [0.29, 0.717) is 18.7 Å². The van der Waals surface area contributed by atoms with Crippen LogP contribution in [0.4, 0.5) is 0 Å². The second-order valence-corrected chi connectivity index (χ2v) is 6.06. The van der Waals surface area contributed by atoms with Crippen molar-refractivity contribution in [3.63, 3.8) is 0 Å². The van der Waals surface area contributed by atoms with E-state index in [9.17, 15) is 9.59 Å². The largest absolute Gasteiger partial charge is 0.351 e. The van der Waals surface area contributed by atoms with Gasteiger partial charge >= 0.3 is 0 Å². The number of hydrogen-bond donors (Lipinski definition) is 1. The average molecular weight is 287 g/mol. The van der Waals surface area contributed by atoms with E-state index in [1.165, 1.54) is 0 Å². The van der Waals surface area contributed by atoms with Gasteiger partial charge in [0.1, 0.15) is 0 Å². The van der Waals surface area contributed by atoms with Crippen molar-refractivity contribution in [1.82, 2.24) is 15.2 Å². The maximum absolute atomic E-state index is 12.4. The van der Waals surface area contributed by atoms with Gasteiger partial charge < -0.3 is 10.2 Å². The van der Waals surface area contributed by atoms with Crippen LogP contribution >= 0.6 is 0 Å². The monoisotopic (exact) mass is 287 g/mol. The summed E-state index contributed by atoms with van der Waals surface area (Å²) in [7, 11) is 0. The van der Waals surface area contributed by atoms with Gasteiger partial charge in [0, 0.05) is 36.9 Å². The van der Waals surface area contributed by atoms with Crippen LogP contribution in [0.2, 0.25) is 0 Å². The normalized spacial score (nSPS) is 22.0. The number of pyridine rings is 1. The molecule has 1 saturated heterocycles. The summed E-state index contributed by atoms with van der Waals surface area (Å²) in [5.41, 5.74) is 1.52. The first-order valence-electron chi connectivity index (χ1n) is 7.66. The lowest BCUT2D eigenvalue weighted by Gasteiger charge is -2.26. The highest BCUT2D eigenvalue weighted by atomic mass is 16.2. The molecule has 2 fully saturated rings. The Kier molecular flexibility index (Phi) is 3.90. The molecule has 1 atom stereocenters. The van der Waals surface area contributed by atoms with Gasteiger partial charge in [-0.25, -0.2) is 0 Å². The van der Waals surface area contributed by atoms with E-state index in [2.05, 4.69) is 10.3 Å². The Hall–Kier alpha value is -1.91. The highest BCUT2D eigenvalue weighted by molar-refractivity contribution is 5.94. The Bertz CT molecular complexity index is 537. The zero-order chi connectivity index (χ0) is 14.8.